The molecule has 0 unspecified atom stereocenters. The first-order valence-electron chi connectivity index (χ1n) is 8.91. The van der Waals surface area contributed by atoms with Gasteiger partial charge in [-0.15, -0.1) is 0 Å². The maximum atomic E-state index is 12.8. The van der Waals surface area contributed by atoms with Crippen LogP contribution in [0.4, 0.5) is 5.69 Å². The van der Waals surface area contributed by atoms with Gasteiger partial charge >= 0.3 is 0 Å². The molecule has 0 atom stereocenters. The molecular formula is C21H17N3O2S2. The largest absolute Gasteiger partial charge is 0.318 e. The van der Waals surface area contributed by atoms with Crippen LogP contribution in [-0.4, -0.2) is 31.6 Å². The molecule has 28 heavy (non-hydrogen) atoms. The minimum Gasteiger partial charge on any atom is -0.318 e. The lowest BCUT2D eigenvalue weighted by atomic mass is 10.1. The molecule has 0 saturated carbocycles. The molecule has 3 aromatic rings. The minimum atomic E-state index is -3.65. The van der Waals surface area contributed by atoms with Crippen molar-refractivity contribution in [1.29, 1.82) is 0 Å². The predicted molar refractivity (Wildman–Crippen MR) is 116 cm³/mol. The van der Waals surface area contributed by atoms with E-state index in [1.165, 1.54) is 0 Å². The van der Waals surface area contributed by atoms with E-state index < -0.39 is 10.0 Å². The fraction of sp³-hybridized carbons (Fsp3) is 0.0952. The van der Waals surface area contributed by atoms with Crippen LogP contribution in [0.3, 0.4) is 0 Å². The molecule has 0 spiro atoms. The number of hydrogen-bond donors (Lipinski definition) is 1. The zero-order chi connectivity index (χ0) is 19.1. The Morgan fingerprint density at radius 3 is 2.57 bits per heavy atom. The van der Waals surface area contributed by atoms with Crippen molar-refractivity contribution in [3.8, 4) is 0 Å². The average Bonchev–Trinajstić information content (AvgIpc) is 3.32. The van der Waals surface area contributed by atoms with Crippen molar-refractivity contribution in [2.45, 2.75) is 4.90 Å². The molecule has 3 aromatic carbocycles. The standard InChI is InChI=1S/C21H17N3O2S2/c25-28(26,19-10-7-15-3-1-2-4-17(15)13-19)23-18-8-5-16(6-9-18)20-14-27-21-22-11-12-24(20)21/h1-10,13-14,23H,11-12H2. The molecule has 0 bridgehead atoms. The van der Waals surface area contributed by atoms with Crippen LogP contribution in [0, 0.1) is 0 Å². The Bertz CT molecular complexity index is 1230. The van der Waals surface area contributed by atoms with Gasteiger partial charge in [-0.25, -0.2) is 8.42 Å². The van der Waals surface area contributed by atoms with Gasteiger partial charge in [0.1, 0.15) is 0 Å². The molecule has 5 nitrogen and oxygen atoms in total. The fourth-order valence-electron chi connectivity index (χ4n) is 3.40. The second-order valence-electron chi connectivity index (χ2n) is 6.63. The molecule has 2 aliphatic heterocycles. The topological polar surface area (TPSA) is 61.8 Å². The minimum absolute atomic E-state index is 0.253. The number of hydrogen-bond acceptors (Lipinski definition) is 5. The van der Waals surface area contributed by atoms with E-state index in [1.54, 1.807) is 36.0 Å². The Balaban J connectivity index is 1.38. The summed E-state index contributed by atoms with van der Waals surface area (Å²) >= 11 is 1.63. The third-order valence-electron chi connectivity index (χ3n) is 4.83. The summed E-state index contributed by atoms with van der Waals surface area (Å²) in [5.74, 6) is 0. The summed E-state index contributed by atoms with van der Waals surface area (Å²) in [5, 5.41) is 5.04. The van der Waals surface area contributed by atoms with Gasteiger partial charge in [0, 0.05) is 17.6 Å². The highest BCUT2D eigenvalue weighted by atomic mass is 32.2. The van der Waals surface area contributed by atoms with Crippen molar-refractivity contribution in [2.75, 3.05) is 17.8 Å². The van der Waals surface area contributed by atoms with Crippen molar-refractivity contribution in [2.24, 2.45) is 4.99 Å². The van der Waals surface area contributed by atoms with Crippen molar-refractivity contribution in [3.05, 3.63) is 77.7 Å². The Morgan fingerprint density at radius 1 is 0.964 bits per heavy atom. The SMILES string of the molecule is O=S(=O)(Nc1ccc(C2=CSC3=NCCN23)cc1)c1ccc2ccccc2c1. The average molecular weight is 408 g/mol. The highest BCUT2D eigenvalue weighted by Gasteiger charge is 2.27. The van der Waals surface area contributed by atoms with Crippen LogP contribution in [0.5, 0.6) is 0 Å². The second kappa shape index (κ2) is 6.68. The maximum absolute atomic E-state index is 12.8. The molecule has 0 amide bonds. The van der Waals surface area contributed by atoms with E-state index in [4.69, 9.17) is 0 Å². The van der Waals surface area contributed by atoms with Gasteiger partial charge in [-0.05, 0) is 40.6 Å². The second-order valence-corrected chi connectivity index (χ2v) is 9.15. The number of amidine groups is 1. The van der Waals surface area contributed by atoms with Crippen LogP contribution in [0.15, 0.2) is 82.0 Å². The summed E-state index contributed by atoms with van der Waals surface area (Å²) in [4.78, 5) is 6.90. The Hall–Kier alpha value is -2.77. The first kappa shape index (κ1) is 17.3. The smallest absolute Gasteiger partial charge is 0.261 e. The van der Waals surface area contributed by atoms with Gasteiger partial charge < -0.3 is 4.90 Å². The summed E-state index contributed by atoms with van der Waals surface area (Å²) in [6.45, 7) is 1.72. The number of anilines is 1. The lowest BCUT2D eigenvalue weighted by Gasteiger charge is -2.17. The molecule has 140 valence electrons. The van der Waals surface area contributed by atoms with E-state index in [9.17, 15) is 8.42 Å². The number of nitrogens with one attached hydrogen (secondary N) is 1. The lowest BCUT2D eigenvalue weighted by molar-refractivity contribution is 0.601. The van der Waals surface area contributed by atoms with Crippen LogP contribution < -0.4 is 4.72 Å². The molecule has 7 heteroatoms. The predicted octanol–water partition coefficient (Wildman–Crippen LogP) is 4.36. The first-order valence-corrected chi connectivity index (χ1v) is 11.3. The highest BCUT2D eigenvalue weighted by Crippen LogP contribution is 2.35. The molecule has 2 heterocycles. The van der Waals surface area contributed by atoms with Crippen molar-refractivity contribution >= 4 is 49.1 Å². The summed E-state index contributed by atoms with van der Waals surface area (Å²) in [6, 6.07) is 20.3. The molecule has 0 aromatic heterocycles. The van der Waals surface area contributed by atoms with Gasteiger partial charge in [0.2, 0.25) is 0 Å². The van der Waals surface area contributed by atoms with Crippen LogP contribution >= 0.6 is 11.8 Å². The zero-order valence-electron chi connectivity index (χ0n) is 14.9. The monoisotopic (exact) mass is 407 g/mol. The maximum Gasteiger partial charge on any atom is 0.261 e. The van der Waals surface area contributed by atoms with Crippen LogP contribution in [0.2, 0.25) is 0 Å². The number of nitrogens with zero attached hydrogens (tertiary/aromatic N) is 2. The summed E-state index contributed by atoms with van der Waals surface area (Å²) < 4.78 is 28.2. The molecule has 0 saturated heterocycles. The Labute approximate surface area is 167 Å². The molecule has 1 N–H and O–H groups in total. The third kappa shape index (κ3) is 3.06. The van der Waals surface area contributed by atoms with Crippen LogP contribution in [0.1, 0.15) is 5.56 Å². The van der Waals surface area contributed by atoms with Crippen LogP contribution in [-0.2, 0) is 10.0 Å². The summed E-state index contributed by atoms with van der Waals surface area (Å²) in [6.07, 6.45) is 0. The zero-order valence-corrected chi connectivity index (χ0v) is 16.5. The van der Waals surface area contributed by atoms with E-state index in [0.717, 1.165) is 40.3 Å². The molecule has 5 rings (SSSR count). The van der Waals surface area contributed by atoms with Gasteiger partial charge in [-0.3, -0.25) is 9.71 Å². The van der Waals surface area contributed by atoms with Crippen molar-refractivity contribution in [1.82, 2.24) is 4.90 Å². The molecule has 0 aliphatic carbocycles. The van der Waals surface area contributed by atoms with Gasteiger partial charge in [0.25, 0.3) is 10.0 Å². The van der Waals surface area contributed by atoms with E-state index in [0.29, 0.717) is 5.69 Å². The normalized spacial score (nSPS) is 16.1. The number of sulfonamides is 1. The number of aliphatic imine (C=N–C) groups is 1. The molecule has 0 radical (unpaired) electrons. The number of thioether (sulfide) groups is 1. The summed E-state index contributed by atoms with van der Waals surface area (Å²) in [7, 11) is -3.65. The Morgan fingerprint density at radius 2 is 1.75 bits per heavy atom. The summed E-state index contributed by atoms with van der Waals surface area (Å²) in [5.41, 5.74) is 2.71. The van der Waals surface area contributed by atoms with Crippen LogP contribution in [0.25, 0.3) is 16.5 Å². The van der Waals surface area contributed by atoms with Gasteiger partial charge in [-0.2, -0.15) is 0 Å². The third-order valence-corrected chi connectivity index (χ3v) is 7.11. The van der Waals surface area contributed by atoms with E-state index >= 15 is 0 Å². The van der Waals surface area contributed by atoms with Gasteiger partial charge in [0.05, 0.1) is 17.1 Å². The quantitative estimate of drug-likeness (QED) is 0.698. The number of fused-ring (bicyclic) bond motifs is 2. The van der Waals surface area contributed by atoms with E-state index in [1.807, 2.05) is 42.5 Å². The lowest BCUT2D eigenvalue weighted by Crippen LogP contribution is -2.19. The van der Waals surface area contributed by atoms with E-state index in [2.05, 4.69) is 20.0 Å². The number of benzene rings is 3. The van der Waals surface area contributed by atoms with Gasteiger partial charge in [0.15, 0.2) is 5.17 Å². The van der Waals surface area contributed by atoms with Crippen molar-refractivity contribution in [3.63, 3.8) is 0 Å². The van der Waals surface area contributed by atoms with Crippen molar-refractivity contribution < 1.29 is 8.42 Å². The van der Waals surface area contributed by atoms with Gasteiger partial charge in [-0.1, -0.05) is 54.2 Å². The first-order chi connectivity index (χ1) is 13.6. The van der Waals surface area contributed by atoms with E-state index in [-0.39, 0.29) is 4.90 Å². The molecule has 2 aliphatic rings. The Kier molecular flexibility index (Phi) is 4.14. The molecule has 0 fully saturated rings. The fourth-order valence-corrected chi connectivity index (χ4v) is 5.46. The highest BCUT2D eigenvalue weighted by molar-refractivity contribution is 8.16. The number of rotatable bonds is 4. The molecular weight excluding hydrogens is 390 g/mol.